The Balaban J connectivity index is 2.22. The molecule has 1 aromatic carbocycles. The van der Waals surface area contributed by atoms with E-state index in [1.54, 1.807) is 11.3 Å². The lowest BCUT2D eigenvalue weighted by atomic mass is 9.86. The SMILES string of the molecule is CC(C)c1csc(C(N)c2ccc(C(C)(C)C)cc2)n1. The van der Waals surface area contributed by atoms with Crippen molar-refractivity contribution in [2.45, 2.75) is 52.0 Å². The molecule has 0 bridgehead atoms. The van der Waals surface area contributed by atoms with Gasteiger partial charge in [0, 0.05) is 5.38 Å². The molecule has 0 saturated carbocycles. The highest BCUT2D eigenvalue weighted by Crippen LogP contribution is 2.28. The lowest BCUT2D eigenvalue weighted by molar-refractivity contribution is 0.589. The molecule has 108 valence electrons. The van der Waals surface area contributed by atoms with Crippen molar-refractivity contribution in [1.82, 2.24) is 4.98 Å². The van der Waals surface area contributed by atoms with Gasteiger partial charge in [-0.1, -0.05) is 58.9 Å². The first-order chi connectivity index (χ1) is 9.29. The molecule has 0 fully saturated rings. The Morgan fingerprint density at radius 2 is 1.70 bits per heavy atom. The number of thiazole rings is 1. The van der Waals surface area contributed by atoms with Gasteiger partial charge >= 0.3 is 0 Å². The molecule has 2 aromatic rings. The van der Waals surface area contributed by atoms with Crippen molar-refractivity contribution in [3.63, 3.8) is 0 Å². The third kappa shape index (κ3) is 3.28. The lowest BCUT2D eigenvalue weighted by Crippen LogP contribution is -2.14. The monoisotopic (exact) mass is 288 g/mol. The Labute approximate surface area is 126 Å². The summed E-state index contributed by atoms with van der Waals surface area (Å²) in [4.78, 5) is 4.65. The summed E-state index contributed by atoms with van der Waals surface area (Å²) in [5.74, 6) is 0.454. The number of hydrogen-bond acceptors (Lipinski definition) is 3. The Bertz CT molecular complexity index is 561. The van der Waals surface area contributed by atoms with Crippen molar-refractivity contribution in [2.24, 2.45) is 5.73 Å². The van der Waals surface area contributed by atoms with Crippen LogP contribution in [0.15, 0.2) is 29.6 Å². The van der Waals surface area contributed by atoms with Gasteiger partial charge in [0.2, 0.25) is 0 Å². The summed E-state index contributed by atoms with van der Waals surface area (Å²) in [6.45, 7) is 11.0. The van der Waals surface area contributed by atoms with E-state index in [0.717, 1.165) is 16.3 Å². The first kappa shape index (κ1) is 15.2. The maximum Gasteiger partial charge on any atom is 0.114 e. The van der Waals surface area contributed by atoms with Gasteiger partial charge in [0.25, 0.3) is 0 Å². The summed E-state index contributed by atoms with van der Waals surface area (Å²) in [5, 5.41) is 3.11. The fourth-order valence-electron chi connectivity index (χ4n) is 2.04. The zero-order chi connectivity index (χ0) is 14.9. The van der Waals surface area contributed by atoms with Crippen LogP contribution >= 0.6 is 11.3 Å². The summed E-state index contributed by atoms with van der Waals surface area (Å²) in [7, 11) is 0. The van der Waals surface area contributed by atoms with Gasteiger partial charge in [-0.25, -0.2) is 4.98 Å². The molecule has 1 atom stereocenters. The topological polar surface area (TPSA) is 38.9 Å². The van der Waals surface area contributed by atoms with E-state index in [1.807, 2.05) is 0 Å². The van der Waals surface area contributed by atoms with Gasteiger partial charge in [0.05, 0.1) is 11.7 Å². The zero-order valence-electron chi connectivity index (χ0n) is 13.0. The molecule has 0 aliphatic heterocycles. The van der Waals surface area contributed by atoms with Crippen LogP contribution in [0.25, 0.3) is 0 Å². The Morgan fingerprint density at radius 3 is 2.15 bits per heavy atom. The van der Waals surface area contributed by atoms with E-state index >= 15 is 0 Å². The lowest BCUT2D eigenvalue weighted by Gasteiger charge is -2.20. The van der Waals surface area contributed by atoms with Crippen LogP contribution in [-0.2, 0) is 5.41 Å². The number of rotatable bonds is 3. The molecule has 1 unspecified atom stereocenters. The molecule has 0 amide bonds. The smallest absolute Gasteiger partial charge is 0.114 e. The summed E-state index contributed by atoms with van der Waals surface area (Å²) in [5.41, 5.74) is 10.1. The molecule has 20 heavy (non-hydrogen) atoms. The Hall–Kier alpha value is -1.19. The zero-order valence-corrected chi connectivity index (χ0v) is 13.8. The number of hydrogen-bond donors (Lipinski definition) is 1. The van der Waals surface area contributed by atoms with E-state index in [1.165, 1.54) is 5.56 Å². The standard InChI is InChI=1S/C17H24N2S/c1-11(2)14-10-20-16(19-14)15(18)12-6-8-13(9-7-12)17(3,4)5/h6-11,15H,18H2,1-5H3. The van der Waals surface area contributed by atoms with Gasteiger partial charge in [-0.15, -0.1) is 11.3 Å². The van der Waals surface area contributed by atoms with Gasteiger partial charge in [0.1, 0.15) is 5.01 Å². The van der Waals surface area contributed by atoms with Gasteiger partial charge in [-0.2, -0.15) is 0 Å². The molecular weight excluding hydrogens is 264 g/mol. The molecule has 0 aliphatic carbocycles. The highest BCUT2D eigenvalue weighted by Gasteiger charge is 2.17. The van der Waals surface area contributed by atoms with Crippen molar-refractivity contribution in [1.29, 1.82) is 0 Å². The van der Waals surface area contributed by atoms with E-state index in [0.29, 0.717) is 5.92 Å². The van der Waals surface area contributed by atoms with Crippen LogP contribution in [0, 0.1) is 0 Å². The van der Waals surface area contributed by atoms with Crippen molar-refractivity contribution in [2.75, 3.05) is 0 Å². The minimum absolute atomic E-state index is 0.124. The number of aromatic nitrogens is 1. The Kier molecular flexibility index (Phi) is 4.31. The van der Waals surface area contributed by atoms with Crippen molar-refractivity contribution < 1.29 is 0 Å². The number of nitrogens with two attached hydrogens (primary N) is 1. The quantitative estimate of drug-likeness (QED) is 0.895. The molecule has 2 rings (SSSR count). The van der Waals surface area contributed by atoms with Crippen LogP contribution < -0.4 is 5.73 Å². The van der Waals surface area contributed by atoms with E-state index in [2.05, 4.69) is 69.2 Å². The minimum Gasteiger partial charge on any atom is -0.318 e. The van der Waals surface area contributed by atoms with E-state index in [4.69, 9.17) is 5.73 Å². The van der Waals surface area contributed by atoms with Gasteiger partial charge < -0.3 is 5.73 Å². The van der Waals surface area contributed by atoms with Gasteiger partial charge in [-0.05, 0) is 22.5 Å². The highest BCUT2D eigenvalue weighted by atomic mass is 32.1. The van der Waals surface area contributed by atoms with Gasteiger partial charge in [0.15, 0.2) is 0 Å². The number of benzene rings is 1. The number of nitrogens with zero attached hydrogens (tertiary/aromatic N) is 1. The van der Waals surface area contributed by atoms with Crippen molar-refractivity contribution in [3.05, 3.63) is 51.5 Å². The fraction of sp³-hybridized carbons (Fsp3) is 0.471. The third-order valence-electron chi connectivity index (χ3n) is 3.53. The Morgan fingerprint density at radius 1 is 1.10 bits per heavy atom. The minimum atomic E-state index is -0.124. The van der Waals surface area contributed by atoms with Crippen molar-refractivity contribution >= 4 is 11.3 Å². The average molecular weight is 288 g/mol. The molecule has 2 nitrogen and oxygen atoms in total. The summed E-state index contributed by atoms with van der Waals surface area (Å²) in [6, 6.07) is 8.48. The molecule has 1 heterocycles. The largest absolute Gasteiger partial charge is 0.318 e. The molecule has 0 aliphatic rings. The van der Waals surface area contributed by atoms with Crippen LogP contribution in [0.1, 0.15) is 68.4 Å². The summed E-state index contributed by atoms with van der Waals surface area (Å²) >= 11 is 1.65. The van der Waals surface area contributed by atoms with Crippen LogP contribution in [0.4, 0.5) is 0 Å². The average Bonchev–Trinajstić information content (AvgIpc) is 2.86. The second-order valence-electron chi connectivity index (χ2n) is 6.61. The fourth-order valence-corrected chi connectivity index (χ4v) is 3.05. The van der Waals surface area contributed by atoms with E-state index in [9.17, 15) is 0 Å². The van der Waals surface area contributed by atoms with E-state index in [-0.39, 0.29) is 11.5 Å². The first-order valence-corrected chi connectivity index (χ1v) is 7.98. The maximum absolute atomic E-state index is 6.34. The predicted octanol–water partition coefficient (Wildman–Crippen LogP) is 4.61. The molecule has 0 spiro atoms. The molecule has 1 aromatic heterocycles. The highest BCUT2D eigenvalue weighted by molar-refractivity contribution is 7.09. The normalized spacial score (nSPS) is 13.8. The maximum atomic E-state index is 6.34. The van der Waals surface area contributed by atoms with Crippen LogP contribution in [0.3, 0.4) is 0 Å². The molecular formula is C17H24N2S. The molecule has 0 saturated heterocycles. The molecule has 3 heteroatoms. The summed E-state index contributed by atoms with van der Waals surface area (Å²) < 4.78 is 0. The first-order valence-electron chi connectivity index (χ1n) is 7.10. The third-order valence-corrected chi connectivity index (χ3v) is 4.48. The summed E-state index contributed by atoms with van der Waals surface area (Å²) in [6.07, 6.45) is 0. The molecule has 2 N–H and O–H groups in total. The van der Waals surface area contributed by atoms with Crippen molar-refractivity contribution in [3.8, 4) is 0 Å². The van der Waals surface area contributed by atoms with Crippen LogP contribution in [0.2, 0.25) is 0 Å². The second kappa shape index (κ2) is 5.66. The van der Waals surface area contributed by atoms with Gasteiger partial charge in [-0.3, -0.25) is 0 Å². The van der Waals surface area contributed by atoms with Crippen LogP contribution in [0.5, 0.6) is 0 Å². The van der Waals surface area contributed by atoms with Crippen LogP contribution in [-0.4, -0.2) is 4.98 Å². The predicted molar refractivity (Wildman–Crippen MR) is 87.4 cm³/mol. The molecule has 0 radical (unpaired) electrons. The van der Waals surface area contributed by atoms with E-state index < -0.39 is 0 Å². The second-order valence-corrected chi connectivity index (χ2v) is 7.50.